The van der Waals surface area contributed by atoms with Gasteiger partial charge in [0.15, 0.2) is 11.5 Å². The van der Waals surface area contributed by atoms with Crippen molar-refractivity contribution in [2.75, 3.05) is 36.9 Å². The third-order valence-corrected chi connectivity index (χ3v) is 7.93. The summed E-state index contributed by atoms with van der Waals surface area (Å²) in [6.07, 6.45) is 10.2. The summed E-state index contributed by atoms with van der Waals surface area (Å²) in [4.78, 5) is 41.3. The predicted molar refractivity (Wildman–Crippen MR) is 165 cm³/mol. The Labute approximate surface area is 253 Å². The molecule has 0 saturated heterocycles. The molecule has 0 spiro atoms. The molecule has 9 nitrogen and oxygen atoms in total. The van der Waals surface area contributed by atoms with Crippen LogP contribution < -0.4 is 14.8 Å². The van der Waals surface area contributed by atoms with Crippen molar-refractivity contribution in [3.63, 3.8) is 0 Å². The minimum atomic E-state index is -3.66. The lowest BCUT2D eigenvalue weighted by Gasteiger charge is -2.27. The van der Waals surface area contributed by atoms with E-state index in [4.69, 9.17) is 21.1 Å². The van der Waals surface area contributed by atoms with Gasteiger partial charge in [-0.15, -0.1) is 11.6 Å². The van der Waals surface area contributed by atoms with Gasteiger partial charge in [0, 0.05) is 18.6 Å². The van der Waals surface area contributed by atoms with Crippen LogP contribution in [0.3, 0.4) is 0 Å². The molecule has 0 aromatic heterocycles. The maximum absolute atomic E-state index is 13.9. The van der Waals surface area contributed by atoms with Crippen LogP contribution in [0.4, 0.5) is 5.69 Å². The highest BCUT2D eigenvalue weighted by Crippen LogP contribution is 2.39. The van der Waals surface area contributed by atoms with E-state index in [-0.39, 0.29) is 29.1 Å². The number of allylic oxidation sites excluding steroid dienone is 1. The third kappa shape index (κ3) is 8.35. The number of unbranched alkanes of at least 4 members (excludes halogenated alkanes) is 4. The number of anilines is 1. The number of imide groups is 1. The SMILES string of the molecule is CCCCCC/C=C/c1cc(NC(=O)CCCl)c2c(c1)C(=O)N([C@H](CS(C)(=O)=O)c1ccc(OC)c(OCC)c1)C2=O. The average molecular weight is 619 g/mol. The van der Waals surface area contributed by atoms with E-state index < -0.39 is 39.4 Å². The van der Waals surface area contributed by atoms with Gasteiger partial charge in [0.1, 0.15) is 9.84 Å². The number of amides is 3. The van der Waals surface area contributed by atoms with Gasteiger partial charge in [-0.05, 0) is 55.2 Å². The van der Waals surface area contributed by atoms with Gasteiger partial charge < -0.3 is 14.8 Å². The van der Waals surface area contributed by atoms with Gasteiger partial charge in [-0.25, -0.2) is 8.42 Å². The standard InChI is InChI=1S/C31H39ClN2O7S/c1-5-7-8-9-10-11-12-21-17-23-29(24(18-21)33-28(35)15-16-32)31(37)34(30(23)36)25(20-42(4,38)39)22-13-14-26(40-3)27(19-22)41-6-2/h11-14,17-19,25H,5-10,15-16,20H2,1-4H3,(H,33,35)/b12-11+/t25-/m1/s1. The molecular formula is C31H39ClN2O7S. The minimum Gasteiger partial charge on any atom is -0.493 e. The molecule has 3 rings (SSSR count). The molecule has 0 radical (unpaired) electrons. The molecule has 1 aliphatic heterocycles. The summed E-state index contributed by atoms with van der Waals surface area (Å²) in [5.74, 6) is -1.40. The fourth-order valence-electron chi connectivity index (χ4n) is 4.87. The molecule has 3 amide bonds. The molecule has 0 bridgehead atoms. The first-order valence-corrected chi connectivity index (χ1v) is 16.7. The fraction of sp³-hybridized carbons (Fsp3) is 0.452. The zero-order valence-electron chi connectivity index (χ0n) is 24.6. The summed E-state index contributed by atoms with van der Waals surface area (Å²) < 4.78 is 36.1. The summed E-state index contributed by atoms with van der Waals surface area (Å²) in [5, 5.41) is 2.73. The Balaban J connectivity index is 2.09. The number of hydrogen-bond acceptors (Lipinski definition) is 7. The smallest absolute Gasteiger partial charge is 0.264 e. The lowest BCUT2D eigenvalue weighted by atomic mass is 10.0. The van der Waals surface area contributed by atoms with Crippen LogP contribution in [0.25, 0.3) is 6.08 Å². The summed E-state index contributed by atoms with van der Waals surface area (Å²) in [6, 6.07) is 6.89. The molecule has 1 heterocycles. The topological polar surface area (TPSA) is 119 Å². The van der Waals surface area contributed by atoms with Crippen LogP contribution in [0.2, 0.25) is 0 Å². The number of sulfone groups is 1. The molecule has 42 heavy (non-hydrogen) atoms. The number of carbonyl (C=O) groups excluding carboxylic acids is 3. The molecule has 11 heteroatoms. The van der Waals surface area contributed by atoms with Gasteiger partial charge in [0.2, 0.25) is 5.91 Å². The van der Waals surface area contributed by atoms with Gasteiger partial charge in [0.05, 0.1) is 42.3 Å². The van der Waals surface area contributed by atoms with Gasteiger partial charge >= 0.3 is 0 Å². The first-order chi connectivity index (χ1) is 20.0. The normalized spacial score (nSPS) is 13.9. The van der Waals surface area contributed by atoms with Crippen LogP contribution >= 0.6 is 11.6 Å². The third-order valence-electron chi connectivity index (χ3n) is 6.82. The minimum absolute atomic E-state index is 0.0139. The van der Waals surface area contributed by atoms with E-state index in [0.29, 0.717) is 29.2 Å². The van der Waals surface area contributed by atoms with Crippen molar-refractivity contribution in [1.29, 1.82) is 0 Å². The van der Waals surface area contributed by atoms with Gasteiger partial charge in [0.25, 0.3) is 11.8 Å². The van der Waals surface area contributed by atoms with Crippen LogP contribution in [-0.2, 0) is 14.6 Å². The number of carbonyl (C=O) groups is 3. The number of hydrogen-bond donors (Lipinski definition) is 1. The van der Waals surface area contributed by atoms with E-state index in [0.717, 1.165) is 43.3 Å². The van der Waals surface area contributed by atoms with Crippen molar-refractivity contribution < 1.29 is 32.3 Å². The first-order valence-electron chi connectivity index (χ1n) is 14.1. The number of fused-ring (bicyclic) bond motifs is 1. The quantitative estimate of drug-likeness (QED) is 0.139. The lowest BCUT2D eigenvalue weighted by Crippen LogP contribution is -2.37. The second kappa shape index (κ2) is 15.2. The van der Waals surface area contributed by atoms with Gasteiger partial charge in [-0.1, -0.05) is 44.4 Å². The maximum Gasteiger partial charge on any atom is 0.264 e. The molecule has 1 aliphatic rings. The van der Waals surface area contributed by atoms with Crippen molar-refractivity contribution >= 4 is 50.9 Å². The Bertz CT molecular complexity index is 1440. The molecule has 0 aliphatic carbocycles. The molecule has 2 aromatic carbocycles. The Kier molecular flexibility index (Phi) is 12.0. The van der Waals surface area contributed by atoms with E-state index in [2.05, 4.69) is 12.2 Å². The van der Waals surface area contributed by atoms with E-state index in [1.807, 2.05) is 12.2 Å². The molecule has 1 atom stereocenters. The molecule has 2 aromatic rings. The Morgan fingerprint density at radius 3 is 2.48 bits per heavy atom. The van der Waals surface area contributed by atoms with Crippen LogP contribution in [0.5, 0.6) is 11.5 Å². The second-order valence-electron chi connectivity index (χ2n) is 10.2. The number of methoxy groups -OCH3 is 1. The summed E-state index contributed by atoms with van der Waals surface area (Å²) in [7, 11) is -2.18. The maximum atomic E-state index is 13.9. The summed E-state index contributed by atoms with van der Waals surface area (Å²) >= 11 is 5.76. The van der Waals surface area contributed by atoms with Crippen LogP contribution in [0.15, 0.2) is 36.4 Å². The van der Waals surface area contributed by atoms with Crippen molar-refractivity contribution in [1.82, 2.24) is 4.90 Å². The first kappa shape index (κ1) is 33.1. The van der Waals surface area contributed by atoms with Crippen LogP contribution in [0.1, 0.15) is 90.3 Å². The number of halogens is 1. The number of ether oxygens (including phenoxy) is 2. The Morgan fingerprint density at radius 2 is 1.83 bits per heavy atom. The van der Waals surface area contributed by atoms with Crippen molar-refractivity contribution in [3.8, 4) is 11.5 Å². The molecule has 0 fully saturated rings. The Hall–Kier alpha value is -3.37. The highest BCUT2D eigenvalue weighted by molar-refractivity contribution is 7.90. The highest BCUT2D eigenvalue weighted by atomic mass is 35.5. The predicted octanol–water partition coefficient (Wildman–Crippen LogP) is 6.03. The molecule has 1 N–H and O–H groups in total. The van der Waals surface area contributed by atoms with Gasteiger partial charge in [-0.2, -0.15) is 0 Å². The number of benzene rings is 2. The number of nitrogens with one attached hydrogen (secondary N) is 1. The zero-order valence-corrected chi connectivity index (χ0v) is 26.1. The molecular weight excluding hydrogens is 580 g/mol. The van der Waals surface area contributed by atoms with Crippen molar-refractivity contribution in [2.24, 2.45) is 0 Å². The largest absolute Gasteiger partial charge is 0.493 e. The highest BCUT2D eigenvalue weighted by Gasteiger charge is 2.44. The summed E-state index contributed by atoms with van der Waals surface area (Å²) in [5.41, 5.74) is 1.30. The summed E-state index contributed by atoms with van der Waals surface area (Å²) in [6.45, 7) is 4.26. The lowest BCUT2D eigenvalue weighted by molar-refractivity contribution is -0.115. The van der Waals surface area contributed by atoms with Crippen molar-refractivity contribution in [3.05, 3.63) is 58.7 Å². The number of rotatable bonds is 16. The Morgan fingerprint density at radius 1 is 1.07 bits per heavy atom. The van der Waals surface area contributed by atoms with Crippen molar-refractivity contribution in [2.45, 2.75) is 58.4 Å². The average Bonchev–Trinajstić information content (AvgIpc) is 3.18. The van der Waals surface area contributed by atoms with Crippen LogP contribution in [0, 0.1) is 0 Å². The van der Waals surface area contributed by atoms with E-state index in [1.165, 1.54) is 7.11 Å². The van der Waals surface area contributed by atoms with E-state index >= 15 is 0 Å². The molecule has 228 valence electrons. The van der Waals surface area contributed by atoms with Crippen LogP contribution in [-0.4, -0.2) is 62.6 Å². The van der Waals surface area contributed by atoms with E-state index in [9.17, 15) is 22.8 Å². The zero-order chi connectivity index (χ0) is 30.9. The second-order valence-corrected chi connectivity index (χ2v) is 12.7. The molecule has 0 saturated carbocycles. The van der Waals surface area contributed by atoms with Gasteiger partial charge in [-0.3, -0.25) is 19.3 Å². The number of nitrogens with zero attached hydrogens (tertiary/aromatic N) is 1. The number of alkyl halides is 1. The molecule has 0 unspecified atom stereocenters. The monoisotopic (exact) mass is 618 g/mol. The van der Waals surface area contributed by atoms with E-state index in [1.54, 1.807) is 37.3 Å². The fourth-order valence-corrected chi connectivity index (χ4v) is 5.95.